The summed E-state index contributed by atoms with van der Waals surface area (Å²) in [6.07, 6.45) is 0. The molecule has 1 heterocycles. The third kappa shape index (κ3) is 3.70. The summed E-state index contributed by atoms with van der Waals surface area (Å²) in [5, 5.41) is 0.107. The Morgan fingerprint density at radius 3 is 2.29 bits per heavy atom. The first-order chi connectivity index (χ1) is 11.4. The molecule has 1 aliphatic rings. The van der Waals surface area contributed by atoms with Gasteiger partial charge in [0, 0.05) is 22.3 Å². The number of amides is 1. The van der Waals surface area contributed by atoms with E-state index >= 15 is 0 Å². The molecule has 0 saturated carbocycles. The smallest absolute Gasteiger partial charge is 0.255 e. The Morgan fingerprint density at radius 1 is 1.08 bits per heavy atom. The molecule has 1 fully saturated rings. The van der Waals surface area contributed by atoms with E-state index in [0.717, 1.165) is 22.3 Å². The van der Waals surface area contributed by atoms with Gasteiger partial charge in [0.2, 0.25) is 0 Å². The molecule has 1 atom stereocenters. The Morgan fingerprint density at radius 2 is 1.71 bits per heavy atom. The number of carbonyl (C=O) groups excluding carboxylic acids is 1. The van der Waals surface area contributed by atoms with Crippen LogP contribution in [0.2, 0.25) is 0 Å². The second kappa shape index (κ2) is 6.93. The minimum atomic E-state index is 0.107. The van der Waals surface area contributed by atoms with E-state index in [1.165, 1.54) is 11.1 Å². The van der Waals surface area contributed by atoms with Gasteiger partial charge in [-0.25, -0.2) is 0 Å². The standard InChI is InChI=1S/C20H22BrNOS/c1-20(2,3)16-8-4-15(5-9-16)19-22(12-13-24-19)18(23)14-6-10-17(21)11-7-14/h4-11,19H,12-13H2,1-3H3/t19-/m1/s1. The lowest BCUT2D eigenvalue weighted by molar-refractivity contribution is 0.0760. The molecule has 24 heavy (non-hydrogen) atoms. The fourth-order valence-electron chi connectivity index (χ4n) is 2.86. The molecular formula is C20H22BrNOS. The normalized spacial score (nSPS) is 18.0. The summed E-state index contributed by atoms with van der Waals surface area (Å²) in [6, 6.07) is 16.3. The summed E-state index contributed by atoms with van der Waals surface area (Å²) in [7, 11) is 0. The van der Waals surface area contributed by atoms with E-state index in [0.29, 0.717) is 0 Å². The summed E-state index contributed by atoms with van der Waals surface area (Å²) in [5.41, 5.74) is 3.42. The highest BCUT2D eigenvalue weighted by molar-refractivity contribution is 9.10. The van der Waals surface area contributed by atoms with E-state index in [1.54, 1.807) is 0 Å². The van der Waals surface area contributed by atoms with E-state index in [-0.39, 0.29) is 16.7 Å². The average molecular weight is 404 g/mol. The topological polar surface area (TPSA) is 20.3 Å². The zero-order valence-electron chi connectivity index (χ0n) is 14.3. The molecule has 2 nitrogen and oxygen atoms in total. The highest BCUT2D eigenvalue weighted by Crippen LogP contribution is 2.39. The third-order valence-electron chi connectivity index (χ3n) is 4.30. The molecule has 2 aromatic carbocycles. The number of nitrogens with zero attached hydrogens (tertiary/aromatic N) is 1. The van der Waals surface area contributed by atoms with Gasteiger partial charge in [-0.2, -0.15) is 0 Å². The van der Waals surface area contributed by atoms with Crippen molar-refractivity contribution in [1.29, 1.82) is 0 Å². The van der Waals surface area contributed by atoms with Crippen molar-refractivity contribution in [3.05, 3.63) is 69.7 Å². The monoisotopic (exact) mass is 403 g/mol. The second-order valence-corrected chi connectivity index (χ2v) is 9.20. The fourth-order valence-corrected chi connectivity index (χ4v) is 4.38. The van der Waals surface area contributed by atoms with Crippen LogP contribution in [0.15, 0.2) is 53.0 Å². The Kier molecular flexibility index (Phi) is 5.07. The van der Waals surface area contributed by atoms with Gasteiger partial charge in [0.05, 0.1) is 0 Å². The molecule has 4 heteroatoms. The zero-order chi connectivity index (χ0) is 17.3. The minimum absolute atomic E-state index is 0.107. The van der Waals surface area contributed by atoms with Crippen LogP contribution in [0.5, 0.6) is 0 Å². The number of halogens is 1. The predicted molar refractivity (Wildman–Crippen MR) is 106 cm³/mol. The van der Waals surface area contributed by atoms with Crippen LogP contribution in [0.25, 0.3) is 0 Å². The molecule has 2 aromatic rings. The molecule has 0 bridgehead atoms. The number of hydrogen-bond acceptors (Lipinski definition) is 2. The summed E-state index contributed by atoms with van der Waals surface area (Å²) in [6.45, 7) is 7.45. The lowest BCUT2D eigenvalue weighted by Gasteiger charge is -2.25. The molecule has 3 rings (SSSR count). The Labute approximate surface area is 156 Å². The third-order valence-corrected chi connectivity index (χ3v) is 6.09. The highest BCUT2D eigenvalue weighted by atomic mass is 79.9. The first-order valence-electron chi connectivity index (χ1n) is 8.15. The summed E-state index contributed by atoms with van der Waals surface area (Å²) in [4.78, 5) is 14.9. The Balaban J connectivity index is 1.82. The van der Waals surface area contributed by atoms with Crippen LogP contribution in [0, 0.1) is 0 Å². The van der Waals surface area contributed by atoms with Crippen molar-refractivity contribution in [2.45, 2.75) is 31.6 Å². The number of rotatable bonds is 2. The number of benzene rings is 2. The SMILES string of the molecule is CC(C)(C)c1ccc([C@H]2SCCN2C(=O)c2ccc(Br)cc2)cc1. The first kappa shape index (κ1) is 17.6. The van der Waals surface area contributed by atoms with Crippen LogP contribution in [0.3, 0.4) is 0 Å². The van der Waals surface area contributed by atoms with Gasteiger partial charge >= 0.3 is 0 Å². The number of thioether (sulfide) groups is 1. The maximum atomic E-state index is 12.9. The molecule has 0 unspecified atom stereocenters. The maximum absolute atomic E-state index is 12.9. The van der Waals surface area contributed by atoms with E-state index in [1.807, 2.05) is 40.9 Å². The summed E-state index contributed by atoms with van der Waals surface area (Å²) in [5.74, 6) is 1.09. The van der Waals surface area contributed by atoms with Crippen molar-refractivity contribution in [2.24, 2.45) is 0 Å². The number of hydrogen-bond donors (Lipinski definition) is 0. The van der Waals surface area contributed by atoms with Gasteiger partial charge in [0.1, 0.15) is 5.37 Å². The molecule has 1 amide bonds. The Bertz CT molecular complexity index is 719. The van der Waals surface area contributed by atoms with E-state index in [9.17, 15) is 4.79 Å². The lowest BCUT2D eigenvalue weighted by Crippen LogP contribution is -2.30. The van der Waals surface area contributed by atoms with Gasteiger partial charge in [0.15, 0.2) is 0 Å². The van der Waals surface area contributed by atoms with Gasteiger partial charge in [-0.05, 0) is 40.8 Å². The van der Waals surface area contributed by atoms with Crippen molar-refractivity contribution >= 4 is 33.6 Å². The Hall–Kier alpha value is -1.26. The molecule has 0 N–H and O–H groups in total. The van der Waals surface area contributed by atoms with Crippen molar-refractivity contribution in [3.8, 4) is 0 Å². The molecule has 126 valence electrons. The molecule has 1 saturated heterocycles. The van der Waals surface area contributed by atoms with E-state index < -0.39 is 0 Å². The van der Waals surface area contributed by atoms with Gasteiger partial charge in [-0.1, -0.05) is 61.0 Å². The second-order valence-electron chi connectivity index (χ2n) is 7.10. The summed E-state index contributed by atoms with van der Waals surface area (Å²) >= 11 is 5.26. The van der Waals surface area contributed by atoms with Gasteiger partial charge < -0.3 is 4.90 Å². The van der Waals surface area contributed by atoms with Crippen LogP contribution in [0.4, 0.5) is 0 Å². The maximum Gasteiger partial charge on any atom is 0.255 e. The van der Waals surface area contributed by atoms with E-state index in [2.05, 4.69) is 61.0 Å². The predicted octanol–water partition coefficient (Wildman–Crippen LogP) is 5.63. The van der Waals surface area contributed by atoms with Crippen molar-refractivity contribution in [3.63, 3.8) is 0 Å². The van der Waals surface area contributed by atoms with Crippen LogP contribution in [-0.2, 0) is 5.41 Å². The van der Waals surface area contributed by atoms with Crippen LogP contribution < -0.4 is 0 Å². The van der Waals surface area contributed by atoms with Gasteiger partial charge in [-0.15, -0.1) is 11.8 Å². The van der Waals surface area contributed by atoms with Crippen LogP contribution in [-0.4, -0.2) is 23.1 Å². The van der Waals surface area contributed by atoms with Crippen LogP contribution >= 0.6 is 27.7 Å². The fraction of sp³-hybridized carbons (Fsp3) is 0.350. The minimum Gasteiger partial charge on any atom is -0.322 e. The molecule has 0 aromatic heterocycles. The van der Waals surface area contributed by atoms with Crippen molar-refractivity contribution in [2.75, 3.05) is 12.3 Å². The zero-order valence-corrected chi connectivity index (χ0v) is 16.7. The summed E-state index contributed by atoms with van der Waals surface area (Å²) < 4.78 is 0.990. The van der Waals surface area contributed by atoms with E-state index in [4.69, 9.17) is 0 Å². The molecule has 0 radical (unpaired) electrons. The molecular weight excluding hydrogens is 382 g/mol. The number of carbonyl (C=O) groups is 1. The quantitative estimate of drug-likeness (QED) is 0.646. The molecule has 0 aliphatic carbocycles. The van der Waals surface area contributed by atoms with Crippen molar-refractivity contribution < 1.29 is 4.79 Å². The highest BCUT2D eigenvalue weighted by Gasteiger charge is 2.31. The van der Waals surface area contributed by atoms with Crippen molar-refractivity contribution in [1.82, 2.24) is 4.90 Å². The van der Waals surface area contributed by atoms with Crippen LogP contribution in [0.1, 0.15) is 47.6 Å². The first-order valence-corrected chi connectivity index (χ1v) is 9.99. The largest absolute Gasteiger partial charge is 0.322 e. The molecule has 1 aliphatic heterocycles. The molecule has 0 spiro atoms. The average Bonchev–Trinajstić information content (AvgIpc) is 3.04. The lowest BCUT2D eigenvalue weighted by atomic mass is 9.86. The van der Waals surface area contributed by atoms with Gasteiger partial charge in [0.25, 0.3) is 5.91 Å². The van der Waals surface area contributed by atoms with Gasteiger partial charge in [-0.3, -0.25) is 4.79 Å².